The van der Waals surface area contributed by atoms with Crippen LogP contribution in [0.15, 0.2) is 12.4 Å². The van der Waals surface area contributed by atoms with Crippen molar-refractivity contribution in [2.24, 2.45) is 0 Å². The van der Waals surface area contributed by atoms with Crippen LogP contribution in [0.1, 0.15) is 49.8 Å². The minimum atomic E-state index is -0.249. The van der Waals surface area contributed by atoms with Gasteiger partial charge in [0.25, 0.3) is 0 Å². The van der Waals surface area contributed by atoms with Crippen molar-refractivity contribution in [3.8, 4) is 0 Å². The Balaban J connectivity index is 1.81. The standard InChI is InChI=1S/C14H23NO2/c1-2-3-8-17-9-7-15-10-12-5-4-6-14(16)13(12)11-15/h10-11,14,16H,2-9H2,1H3. The molecule has 0 aromatic carbocycles. The van der Waals surface area contributed by atoms with Crippen LogP contribution in [0.3, 0.4) is 0 Å². The molecule has 1 aliphatic carbocycles. The minimum Gasteiger partial charge on any atom is -0.388 e. The summed E-state index contributed by atoms with van der Waals surface area (Å²) in [5.74, 6) is 0. The molecular weight excluding hydrogens is 214 g/mol. The Labute approximate surface area is 103 Å². The quantitative estimate of drug-likeness (QED) is 0.772. The maximum atomic E-state index is 9.87. The van der Waals surface area contributed by atoms with Crippen molar-refractivity contribution in [3.05, 3.63) is 23.5 Å². The topological polar surface area (TPSA) is 34.4 Å². The highest BCUT2D eigenvalue weighted by Gasteiger charge is 2.19. The fraction of sp³-hybridized carbons (Fsp3) is 0.714. The van der Waals surface area contributed by atoms with E-state index in [0.717, 1.165) is 51.0 Å². The maximum Gasteiger partial charge on any atom is 0.0807 e. The van der Waals surface area contributed by atoms with Gasteiger partial charge in [0, 0.05) is 31.1 Å². The van der Waals surface area contributed by atoms with E-state index in [1.165, 1.54) is 12.0 Å². The minimum absolute atomic E-state index is 0.249. The second-order valence-corrected chi connectivity index (χ2v) is 4.85. The van der Waals surface area contributed by atoms with Gasteiger partial charge < -0.3 is 14.4 Å². The number of aromatic nitrogens is 1. The second-order valence-electron chi connectivity index (χ2n) is 4.85. The first kappa shape index (κ1) is 12.7. The Hall–Kier alpha value is -0.800. The Morgan fingerprint density at radius 3 is 3.06 bits per heavy atom. The Morgan fingerprint density at radius 1 is 1.41 bits per heavy atom. The molecule has 0 saturated carbocycles. The molecule has 0 aliphatic heterocycles. The average Bonchev–Trinajstić information content (AvgIpc) is 2.73. The lowest BCUT2D eigenvalue weighted by Crippen LogP contribution is -2.06. The number of nitrogens with zero attached hydrogens (tertiary/aromatic N) is 1. The molecule has 3 nitrogen and oxygen atoms in total. The molecule has 1 heterocycles. The van der Waals surface area contributed by atoms with E-state index in [2.05, 4.69) is 23.9 Å². The number of rotatable bonds is 6. The van der Waals surface area contributed by atoms with Crippen LogP contribution in [0.4, 0.5) is 0 Å². The summed E-state index contributed by atoms with van der Waals surface area (Å²) in [6.45, 7) is 4.69. The predicted octanol–water partition coefficient (Wildman–Crippen LogP) is 2.67. The van der Waals surface area contributed by atoms with Crippen LogP contribution in [0.5, 0.6) is 0 Å². The first-order chi connectivity index (χ1) is 8.31. The molecule has 0 radical (unpaired) electrons. The van der Waals surface area contributed by atoms with Gasteiger partial charge in [-0.25, -0.2) is 0 Å². The molecule has 0 saturated heterocycles. The van der Waals surface area contributed by atoms with Crippen LogP contribution >= 0.6 is 0 Å². The van der Waals surface area contributed by atoms with E-state index in [0.29, 0.717) is 0 Å². The summed E-state index contributed by atoms with van der Waals surface area (Å²) in [7, 11) is 0. The maximum absolute atomic E-state index is 9.87. The Kier molecular flexibility index (Phi) is 4.63. The lowest BCUT2D eigenvalue weighted by molar-refractivity contribution is 0.123. The van der Waals surface area contributed by atoms with E-state index in [1.54, 1.807) is 0 Å². The highest BCUT2D eigenvalue weighted by Crippen LogP contribution is 2.29. The second kappa shape index (κ2) is 6.22. The molecule has 3 heteroatoms. The van der Waals surface area contributed by atoms with Crippen molar-refractivity contribution in [2.75, 3.05) is 13.2 Å². The molecule has 96 valence electrons. The molecule has 0 bridgehead atoms. The zero-order chi connectivity index (χ0) is 12.1. The average molecular weight is 237 g/mol. The van der Waals surface area contributed by atoms with E-state index >= 15 is 0 Å². The van der Waals surface area contributed by atoms with E-state index in [-0.39, 0.29) is 6.10 Å². The van der Waals surface area contributed by atoms with Gasteiger partial charge in [-0.05, 0) is 31.2 Å². The summed E-state index contributed by atoms with van der Waals surface area (Å²) in [4.78, 5) is 0. The molecule has 1 aliphatic rings. The molecule has 1 aromatic rings. The number of aryl methyl sites for hydroxylation is 1. The summed E-state index contributed by atoms with van der Waals surface area (Å²) in [6.07, 6.45) is 9.44. The lowest BCUT2D eigenvalue weighted by Gasteiger charge is -2.16. The summed E-state index contributed by atoms with van der Waals surface area (Å²) >= 11 is 0. The predicted molar refractivity (Wildman–Crippen MR) is 68.1 cm³/mol. The SMILES string of the molecule is CCCCOCCn1cc2c(c1)C(O)CCC2. The summed E-state index contributed by atoms with van der Waals surface area (Å²) in [6, 6.07) is 0. The Morgan fingerprint density at radius 2 is 2.29 bits per heavy atom. The summed E-state index contributed by atoms with van der Waals surface area (Å²) in [5, 5.41) is 9.87. The number of unbranched alkanes of at least 4 members (excludes halogenated alkanes) is 1. The van der Waals surface area contributed by atoms with Gasteiger partial charge in [-0.15, -0.1) is 0 Å². The number of hydrogen-bond acceptors (Lipinski definition) is 2. The van der Waals surface area contributed by atoms with Crippen LogP contribution < -0.4 is 0 Å². The molecule has 1 N–H and O–H groups in total. The van der Waals surface area contributed by atoms with Crippen LogP contribution in [0, 0.1) is 0 Å². The van der Waals surface area contributed by atoms with Crippen molar-refractivity contribution >= 4 is 0 Å². The normalized spacial score (nSPS) is 19.3. The fourth-order valence-corrected chi connectivity index (χ4v) is 2.37. The molecule has 17 heavy (non-hydrogen) atoms. The first-order valence-electron chi connectivity index (χ1n) is 6.75. The van der Waals surface area contributed by atoms with Crippen LogP contribution in [-0.2, 0) is 17.7 Å². The molecule has 1 atom stereocenters. The van der Waals surface area contributed by atoms with E-state index in [4.69, 9.17) is 4.74 Å². The van der Waals surface area contributed by atoms with Crippen molar-refractivity contribution < 1.29 is 9.84 Å². The summed E-state index contributed by atoms with van der Waals surface area (Å²) < 4.78 is 7.71. The van der Waals surface area contributed by atoms with Crippen LogP contribution in [-0.4, -0.2) is 22.9 Å². The molecule has 0 spiro atoms. The molecule has 2 rings (SSSR count). The van der Waals surface area contributed by atoms with Gasteiger partial charge in [0.15, 0.2) is 0 Å². The monoisotopic (exact) mass is 237 g/mol. The fourth-order valence-electron chi connectivity index (χ4n) is 2.37. The first-order valence-corrected chi connectivity index (χ1v) is 6.75. The third-order valence-corrected chi connectivity index (χ3v) is 3.42. The highest BCUT2D eigenvalue weighted by molar-refractivity contribution is 5.28. The largest absolute Gasteiger partial charge is 0.388 e. The van der Waals surface area contributed by atoms with Gasteiger partial charge >= 0.3 is 0 Å². The Bertz CT molecular complexity index is 346. The van der Waals surface area contributed by atoms with Gasteiger partial charge in [0.2, 0.25) is 0 Å². The third kappa shape index (κ3) is 3.33. The molecule has 0 amide bonds. The number of ether oxygens (including phenoxy) is 1. The summed E-state index contributed by atoms with van der Waals surface area (Å²) in [5.41, 5.74) is 2.45. The molecule has 1 unspecified atom stereocenters. The lowest BCUT2D eigenvalue weighted by atomic mass is 9.93. The van der Waals surface area contributed by atoms with Gasteiger partial charge in [-0.2, -0.15) is 0 Å². The molecule has 0 fully saturated rings. The third-order valence-electron chi connectivity index (χ3n) is 3.42. The van der Waals surface area contributed by atoms with Gasteiger partial charge in [-0.3, -0.25) is 0 Å². The van der Waals surface area contributed by atoms with E-state index in [9.17, 15) is 5.11 Å². The molecular formula is C14H23NO2. The van der Waals surface area contributed by atoms with Crippen molar-refractivity contribution in [3.63, 3.8) is 0 Å². The van der Waals surface area contributed by atoms with Gasteiger partial charge in [0.05, 0.1) is 12.7 Å². The molecule has 1 aromatic heterocycles. The number of aliphatic hydroxyl groups is 1. The number of aliphatic hydroxyl groups excluding tert-OH is 1. The highest BCUT2D eigenvalue weighted by atomic mass is 16.5. The van der Waals surface area contributed by atoms with E-state index in [1.807, 2.05) is 0 Å². The van der Waals surface area contributed by atoms with E-state index < -0.39 is 0 Å². The van der Waals surface area contributed by atoms with Gasteiger partial charge in [-0.1, -0.05) is 13.3 Å². The van der Waals surface area contributed by atoms with Crippen molar-refractivity contribution in [1.29, 1.82) is 0 Å². The van der Waals surface area contributed by atoms with Crippen molar-refractivity contribution in [1.82, 2.24) is 4.57 Å². The smallest absolute Gasteiger partial charge is 0.0807 e. The van der Waals surface area contributed by atoms with Crippen LogP contribution in [0.2, 0.25) is 0 Å². The number of hydrogen-bond donors (Lipinski definition) is 1. The van der Waals surface area contributed by atoms with Gasteiger partial charge in [0.1, 0.15) is 0 Å². The number of fused-ring (bicyclic) bond motifs is 1. The zero-order valence-electron chi connectivity index (χ0n) is 10.7. The zero-order valence-corrected chi connectivity index (χ0v) is 10.7. The van der Waals surface area contributed by atoms with Crippen molar-refractivity contribution in [2.45, 2.75) is 51.7 Å². The van der Waals surface area contributed by atoms with Crippen LogP contribution in [0.25, 0.3) is 0 Å².